The molecule has 2 N–H and O–H groups in total. The number of carbonyl (C=O) groups excluding carboxylic acids is 2. The molecule has 2 rings (SSSR count). The standard InChI is InChI=1S/C16H20N2O6S/c1-9(2)18-14(20)11-6-5-10(7-12(11)25(18,23)24)13(19)17-8-16(3,4)15(21)22/h5-7,9H,8H2,1-4H3,(H,17,19)(H,21,22). The van der Waals surface area contributed by atoms with Crippen molar-refractivity contribution >= 4 is 27.8 Å². The van der Waals surface area contributed by atoms with Crippen LogP contribution in [0.5, 0.6) is 0 Å². The summed E-state index contributed by atoms with van der Waals surface area (Å²) in [6.45, 7) is 5.97. The Kier molecular flexibility index (Phi) is 4.65. The maximum atomic E-state index is 12.5. The van der Waals surface area contributed by atoms with E-state index in [0.717, 1.165) is 10.4 Å². The quantitative estimate of drug-likeness (QED) is 0.802. The van der Waals surface area contributed by atoms with Crippen molar-refractivity contribution in [3.63, 3.8) is 0 Å². The van der Waals surface area contributed by atoms with E-state index in [1.165, 1.54) is 26.0 Å². The molecule has 0 atom stereocenters. The average Bonchev–Trinajstić information content (AvgIpc) is 2.71. The molecule has 0 radical (unpaired) electrons. The van der Waals surface area contributed by atoms with Crippen molar-refractivity contribution in [1.82, 2.24) is 9.62 Å². The molecule has 0 fully saturated rings. The first-order valence-corrected chi connectivity index (χ1v) is 9.08. The third kappa shape index (κ3) is 3.23. The fraction of sp³-hybridized carbons (Fsp3) is 0.438. The summed E-state index contributed by atoms with van der Waals surface area (Å²) >= 11 is 0. The van der Waals surface area contributed by atoms with E-state index in [9.17, 15) is 22.8 Å². The van der Waals surface area contributed by atoms with E-state index in [4.69, 9.17) is 5.11 Å². The molecular formula is C16H20N2O6S. The Morgan fingerprint density at radius 2 is 1.88 bits per heavy atom. The molecule has 0 saturated heterocycles. The average molecular weight is 368 g/mol. The molecular weight excluding hydrogens is 348 g/mol. The lowest BCUT2D eigenvalue weighted by molar-refractivity contribution is -0.146. The van der Waals surface area contributed by atoms with Crippen LogP contribution in [-0.2, 0) is 14.8 Å². The van der Waals surface area contributed by atoms with Crippen molar-refractivity contribution < 1.29 is 27.9 Å². The highest BCUT2D eigenvalue weighted by Gasteiger charge is 2.43. The molecule has 1 aliphatic heterocycles. The topological polar surface area (TPSA) is 121 Å². The van der Waals surface area contributed by atoms with Gasteiger partial charge in [0.1, 0.15) is 4.90 Å². The zero-order valence-corrected chi connectivity index (χ0v) is 15.2. The molecule has 1 aromatic carbocycles. The predicted octanol–water partition coefficient (Wildman–Crippen LogP) is 1.08. The lowest BCUT2D eigenvalue weighted by Gasteiger charge is -2.19. The van der Waals surface area contributed by atoms with Crippen LogP contribution in [0.2, 0.25) is 0 Å². The Balaban J connectivity index is 2.32. The molecule has 0 aliphatic carbocycles. The summed E-state index contributed by atoms with van der Waals surface area (Å²) in [6, 6.07) is 3.25. The third-order valence-electron chi connectivity index (χ3n) is 3.95. The largest absolute Gasteiger partial charge is 0.481 e. The maximum absolute atomic E-state index is 12.5. The number of nitrogens with one attached hydrogen (secondary N) is 1. The van der Waals surface area contributed by atoms with Crippen molar-refractivity contribution in [3.8, 4) is 0 Å². The number of hydrogen-bond donors (Lipinski definition) is 2. The summed E-state index contributed by atoms with van der Waals surface area (Å²) in [5.41, 5.74) is -1.10. The number of carboxylic acid groups (broad SMARTS) is 1. The number of amides is 2. The summed E-state index contributed by atoms with van der Waals surface area (Å²) < 4.78 is 25.8. The van der Waals surface area contributed by atoms with Crippen LogP contribution < -0.4 is 5.32 Å². The zero-order chi connectivity index (χ0) is 19.2. The first-order valence-electron chi connectivity index (χ1n) is 7.64. The smallest absolute Gasteiger partial charge is 0.310 e. The second-order valence-electron chi connectivity index (χ2n) is 6.78. The van der Waals surface area contributed by atoms with Gasteiger partial charge < -0.3 is 10.4 Å². The number of benzene rings is 1. The molecule has 0 spiro atoms. The van der Waals surface area contributed by atoms with Gasteiger partial charge in [-0.2, -0.15) is 0 Å². The molecule has 1 heterocycles. The first kappa shape index (κ1) is 18.9. The summed E-state index contributed by atoms with van der Waals surface area (Å²) in [5, 5.41) is 11.5. The Morgan fingerprint density at radius 1 is 1.28 bits per heavy atom. The molecule has 1 aromatic rings. The number of carboxylic acids is 1. The Labute approximate surface area is 145 Å². The molecule has 2 amide bonds. The van der Waals surface area contributed by atoms with Crippen LogP contribution in [0.15, 0.2) is 23.1 Å². The van der Waals surface area contributed by atoms with Crippen molar-refractivity contribution in [2.24, 2.45) is 5.41 Å². The van der Waals surface area contributed by atoms with Gasteiger partial charge in [-0.1, -0.05) is 0 Å². The van der Waals surface area contributed by atoms with E-state index in [0.29, 0.717) is 0 Å². The molecule has 1 aliphatic rings. The zero-order valence-electron chi connectivity index (χ0n) is 14.4. The highest BCUT2D eigenvalue weighted by atomic mass is 32.2. The normalized spacial score (nSPS) is 16.0. The number of fused-ring (bicyclic) bond motifs is 1. The number of rotatable bonds is 5. The van der Waals surface area contributed by atoms with Gasteiger partial charge in [-0.05, 0) is 45.9 Å². The van der Waals surface area contributed by atoms with Crippen molar-refractivity contribution in [3.05, 3.63) is 29.3 Å². The van der Waals surface area contributed by atoms with Gasteiger partial charge in [0.05, 0.1) is 11.0 Å². The summed E-state index contributed by atoms with van der Waals surface area (Å²) in [6.07, 6.45) is 0. The van der Waals surface area contributed by atoms with Gasteiger partial charge in [-0.3, -0.25) is 14.4 Å². The van der Waals surface area contributed by atoms with Crippen LogP contribution in [0.3, 0.4) is 0 Å². The molecule has 0 saturated carbocycles. The van der Waals surface area contributed by atoms with Crippen LogP contribution in [-0.4, -0.2) is 48.2 Å². The lowest BCUT2D eigenvalue weighted by Crippen LogP contribution is -2.38. The van der Waals surface area contributed by atoms with E-state index >= 15 is 0 Å². The van der Waals surface area contributed by atoms with E-state index in [1.807, 2.05) is 0 Å². The monoisotopic (exact) mass is 368 g/mol. The SMILES string of the molecule is CC(C)N1C(=O)c2ccc(C(=O)NCC(C)(C)C(=O)O)cc2S1(=O)=O. The van der Waals surface area contributed by atoms with Gasteiger partial charge in [0, 0.05) is 18.2 Å². The number of aliphatic carboxylic acids is 1. The predicted molar refractivity (Wildman–Crippen MR) is 88.7 cm³/mol. The van der Waals surface area contributed by atoms with Crippen LogP contribution in [0.25, 0.3) is 0 Å². The number of hydrogen-bond acceptors (Lipinski definition) is 5. The second-order valence-corrected chi connectivity index (χ2v) is 8.57. The Morgan fingerprint density at radius 3 is 2.40 bits per heavy atom. The van der Waals surface area contributed by atoms with Crippen molar-refractivity contribution in [2.45, 2.75) is 38.6 Å². The molecule has 25 heavy (non-hydrogen) atoms. The lowest BCUT2D eigenvalue weighted by atomic mass is 9.94. The third-order valence-corrected chi connectivity index (χ3v) is 5.95. The van der Waals surface area contributed by atoms with Gasteiger partial charge in [0.2, 0.25) is 0 Å². The van der Waals surface area contributed by atoms with E-state index in [1.54, 1.807) is 13.8 Å². The molecule has 0 unspecified atom stereocenters. The van der Waals surface area contributed by atoms with Gasteiger partial charge in [0.25, 0.3) is 21.8 Å². The van der Waals surface area contributed by atoms with E-state index in [-0.39, 0.29) is 22.6 Å². The minimum absolute atomic E-state index is 0.0242. The first-order chi connectivity index (χ1) is 11.4. The highest BCUT2D eigenvalue weighted by Crippen LogP contribution is 2.32. The van der Waals surface area contributed by atoms with Crippen molar-refractivity contribution in [1.29, 1.82) is 0 Å². The van der Waals surface area contributed by atoms with E-state index < -0.39 is 39.3 Å². The Bertz CT molecular complexity index is 857. The highest BCUT2D eigenvalue weighted by molar-refractivity contribution is 7.90. The van der Waals surface area contributed by atoms with Gasteiger partial charge in [-0.15, -0.1) is 0 Å². The van der Waals surface area contributed by atoms with Gasteiger partial charge >= 0.3 is 5.97 Å². The van der Waals surface area contributed by atoms with Crippen LogP contribution in [0, 0.1) is 5.41 Å². The molecule has 9 heteroatoms. The number of carbonyl (C=O) groups is 3. The molecule has 0 bridgehead atoms. The summed E-state index contributed by atoms with van der Waals surface area (Å²) in [7, 11) is -4.00. The minimum atomic E-state index is -4.00. The summed E-state index contributed by atoms with van der Waals surface area (Å²) in [4.78, 5) is 35.3. The fourth-order valence-electron chi connectivity index (χ4n) is 2.38. The van der Waals surface area contributed by atoms with Crippen molar-refractivity contribution in [2.75, 3.05) is 6.54 Å². The number of sulfonamides is 1. The minimum Gasteiger partial charge on any atom is -0.481 e. The summed E-state index contributed by atoms with van der Waals surface area (Å²) in [5.74, 6) is -2.30. The van der Waals surface area contributed by atoms with Crippen LogP contribution in [0.1, 0.15) is 48.4 Å². The molecule has 136 valence electrons. The fourth-order valence-corrected chi connectivity index (χ4v) is 4.17. The van der Waals surface area contributed by atoms with E-state index in [2.05, 4.69) is 5.32 Å². The molecule has 8 nitrogen and oxygen atoms in total. The maximum Gasteiger partial charge on any atom is 0.310 e. The van der Waals surface area contributed by atoms with Crippen LogP contribution in [0.4, 0.5) is 0 Å². The van der Waals surface area contributed by atoms with Gasteiger partial charge in [-0.25, -0.2) is 12.7 Å². The van der Waals surface area contributed by atoms with Crippen LogP contribution >= 0.6 is 0 Å². The number of nitrogens with zero attached hydrogens (tertiary/aromatic N) is 1. The Hall–Kier alpha value is -2.42. The molecule has 0 aromatic heterocycles. The van der Waals surface area contributed by atoms with Gasteiger partial charge in [0.15, 0.2) is 0 Å². The second kappa shape index (κ2) is 6.14.